The lowest BCUT2D eigenvalue weighted by Gasteiger charge is -2.23. The molecule has 23 heavy (non-hydrogen) atoms. The minimum absolute atomic E-state index is 0.0867. The highest BCUT2D eigenvalue weighted by molar-refractivity contribution is 5.97. The summed E-state index contributed by atoms with van der Waals surface area (Å²) in [4.78, 5) is 25.0. The minimum atomic E-state index is -0.524. The van der Waals surface area contributed by atoms with Crippen LogP contribution < -0.4 is 16.0 Å². The molecule has 5 nitrogen and oxygen atoms in total. The van der Waals surface area contributed by atoms with Crippen LogP contribution in [0.3, 0.4) is 0 Å². The van der Waals surface area contributed by atoms with Gasteiger partial charge in [-0.2, -0.15) is 0 Å². The number of benzene rings is 1. The van der Waals surface area contributed by atoms with E-state index in [1.165, 1.54) is 0 Å². The molecule has 0 aliphatic heterocycles. The van der Waals surface area contributed by atoms with Crippen LogP contribution in [0.15, 0.2) is 30.3 Å². The maximum atomic E-state index is 12.5. The normalized spacial score (nSPS) is 13.7. The highest BCUT2D eigenvalue weighted by atomic mass is 16.2. The van der Waals surface area contributed by atoms with Crippen molar-refractivity contribution in [2.24, 2.45) is 11.8 Å². The Balaban J connectivity index is 2.79. The monoisotopic (exact) mass is 320 g/mol. The molecule has 0 aliphatic carbocycles. The van der Waals surface area contributed by atoms with Crippen LogP contribution in [-0.4, -0.2) is 30.9 Å². The fraction of sp³-hybridized carbons (Fsp3) is 0.556. The average molecular weight is 320 g/mol. The summed E-state index contributed by atoms with van der Waals surface area (Å²) in [6, 6.07) is 8.59. The molecular weight excluding hydrogens is 290 g/mol. The summed E-state index contributed by atoms with van der Waals surface area (Å²) < 4.78 is 0. The van der Waals surface area contributed by atoms with E-state index >= 15 is 0 Å². The van der Waals surface area contributed by atoms with Crippen molar-refractivity contribution in [2.75, 3.05) is 12.4 Å². The van der Waals surface area contributed by atoms with Crippen molar-refractivity contribution in [3.05, 3.63) is 30.3 Å². The number of hydrogen-bond donors (Lipinski definition) is 3. The fourth-order valence-corrected chi connectivity index (χ4v) is 2.56. The lowest BCUT2D eigenvalue weighted by molar-refractivity contribution is -0.656. The fourth-order valence-electron chi connectivity index (χ4n) is 2.56. The molecule has 4 N–H and O–H groups in total. The third kappa shape index (κ3) is 6.40. The lowest BCUT2D eigenvalue weighted by atomic mass is 10.00. The number of nitrogens with one attached hydrogen (secondary N) is 2. The van der Waals surface area contributed by atoms with Crippen molar-refractivity contribution >= 4 is 17.5 Å². The summed E-state index contributed by atoms with van der Waals surface area (Å²) in [6.07, 6.45) is 0.610. The summed E-state index contributed by atoms with van der Waals surface area (Å²) >= 11 is 0. The van der Waals surface area contributed by atoms with Gasteiger partial charge in [0.15, 0.2) is 6.04 Å². The van der Waals surface area contributed by atoms with Gasteiger partial charge in [0.2, 0.25) is 5.91 Å². The van der Waals surface area contributed by atoms with Crippen LogP contribution in [0.1, 0.15) is 34.1 Å². The summed E-state index contributed by atoms with van der Waals surface area (Å²) in [6.45, 7) is 8.10. The Kier molecular flexibility index (Phi) is 7.75. The van der Waals surface area contributed by atoms with Crippen LogP contribution >= 0.6 is 0 Å². The molecule has 0 aromatic heterocycles. The maximum Gasteiger partial charge on any atom is 0.279 e. The van der Waals surface area contributed by atoms with Crippen LogP contribution in [-0.2, 0) is 9.59 Å². The Labute approximate surface area is 139 Å². The molecule has 2 atom stereocenters. The molecule has 0 aliphatic rings. The quantitative estimate of drug-likeness (QED) is 0.677. The van der Waals surface area contributed by atoms with E-state index in [0.717, 1.165) is 5.69 Å². The Bertz CT molecular complexity index is 500. The second-order valence-corrected chi connectivity index (χ2v) is 6.65. The van der Waals surface area contributed by atoms with E-state index in [-0.39, 0.29) is 23.8 Å². The van der Waals surface area contributed by atoms with Crippen LogP contribution in [0, 0.1) is 11.8 Å². The number of para-hydroxylation sites is 1. The van der Waals surface area contributed by atoms with Crippen molar-refractivity contribution in [1.29, 1.82) is 0 Å². The van der Waals surface area contributed by atoms with Gasteiger partial charge in [-0.25, -0.2) is 0 Å². The predicted octanol–water partition coefficient (Wildman–Crippen LogP) is 1.37. The van der Waals surface area contributed by atoms with Gasteiger partial charge in [0, 0.05) is 11.6 Å². The number of likely N-dealkylation sites (N-methyl/N-ethyl adjacent to an activating group) is 1. The van der Waals surface area contributed by atoms with Crippen molar-refractivity contribution in [2.45, 2.75) is 46.2 Å². The topological polar surface area (TPSA) is 74.8 Å². The lowest BCUT2D eigenvalue weighted by Crippen LogP contribution is -2.90. The molecule has 0 heterocycles. The summed E-state index contributed by atoms with van der Waals surface area (Å²) in [7, 11) is 1.88. The maximum absolute atomic E-state index is 12.5. The molecule has 0 bridgehead atoms. The highest BCUT2D eigenvalue weighted by Gasteiger charge is 2.29. The first-order chi connectivity index (χ1) is 10.8. The molecule has 1 aromatic carbocycles. The first-order valence-corrected chi connectivity index (χ1v) is 8.30. The van der Waals surface area contributed by atoms with Gasteiger partial charge in [-0.1, -0.05) is 45.9 Å². The SMILES string of the molecule is C[NH2+][C@H](C(=O)N[C@@H](CC(C)C)C(=O)Nc1ccccc1)C(C)C. The number of amides is 2. The van der Waals surface area contributed by atoms with Gasteiger partial charge in [-0.05, 0) is 24.5 Å². The highest BCUT2D eigenvalue weighted by Crippen LogP contribution is 2.10. The van der Waals surface area contributed by atoms with Gasteiger partial charge < -0.3 is 16.0 Å². The van der Waals surface area contributed by atoms with Gasteiger partial charge in [0.1, 0.15) is 6.04 Å². The first kappa shape index (κ1) is 19.2. The third-order valence-electron chi connectivity index (χ3n) is 3.76. The van der Waals surface area contributed by atoms with Crippen LogP contribution in [0.5, 0.6) is 0 Å². The third-order valence-corrected chi connectivity index (χ3v) is 3.76. The van der Waals surface area contributed by atoms with E-state index in [2.05, 4.69) is 10.6 Å². The van der Waals surface area contributed by atoms with Crippen molar-refractivity contribution in [1.82, 2.24) is 5.32 Å². The molecule has 5 heteroatoms. The second-order valence-electron chi connectivity index (χ2n) is 6.65. The Hall–Kier alpha value is -1.88. The van der Waals surface area contributed by atoms with Crippen molar-refractivity contribution < 1.29 is 14.9 Å². The number of rotatable bonds is 8. The zero-order valence-electron chi connectivity index (χ0n) is 14.8. The zero-order valence-corrected chi connectivity index (χ0v) is 14.8. The van der Waals surface area contributed by atoms with Crippen molar-refractivity contribution in [3.63, 3.8) is 0 Å². The molecule has 0 unspecified atom stereocenters. The predicted molar refractivity (Wildman–Crippen MR) is 92.9 cm³/mol. The van der Waals surface area contributed by atoms with Crippen LogP contribution in [0.4, 0.5) is 5.69 Å². The number of carbonyl (C=O) groups excluding carboxylic acids is 2. The van der Waals surface area contributed by atoms with E-state index in [9.17, 15) is 9.59 Å². The molecular formula is C18H30N3O2+. The molecule has 0 saturated heterocycles. The van der Waals surface area contributed by atoms with E-state index < -0.39 is 6.04 Å². The molecule has 2 amide bonds. The van der Waals surface area contributed by atoms with Gasteiger partial charge in [0.25, 0.3) is 5.91 Å². The number of nitrogens with two attached hydrogens (primary N) is 1. The molecule has 0 saturated carbocycles. The molecule has 128 valence electrons. The van der Waals surface area contributed by atoms with E-state index in [0.29, 0.717) is 12.3 Å². The van der Waals surface area contributed by atoms with Crippen LogP contribution in [0.25, 0.3) is 0 Å². The largest absolute Gasteiger partial charge is 0.339 e. The van der Waals surface area contributed by atoms with E-state index in [4.69, 9.17) is 0 Å². The molecule has 0 fully saturated rings. The Morgan fingerprint density at radius 2 is 1.65 bits per heavy atom. The molecule has 0 radical (unpaired) electrons. The van der Waals surface area contributed by atoms with E-state index in [1.54, 1.807) is 0 Å². The summed E-state index contributed by atoms with van der Waals surface area (Å²) in [5, 5.41) is 7.68. The molecule has 0 spiro atoms. The first-order valence-electron chi connectivity index (χ1n) is 8.30. The smallest absolute Gasteiger partial charge is 0.279 e. The average Bonchev–Trinajstić information content (AvgIpc) is 2.47. The van der Waals surface area contributed by atoms with Crippen molar-refractivity contribution in [3.8, 4) is 0 Å². The number of anilines is 1. The number of carbonyl (C=O) groups is 2. The van der Waals surface area contributed by atoms with E-state index in [1.807, 2.05) is 70.4 Å². The minimum Gasteiger partial charge on any atom is -0.339 e. The Morgan fingerprint density at radius 3 is 2.13 bits per heavy atom. The standard InChI is InChI=1S/C18H29N3O2/c1-12(2)11-15(21-18(23)16(19-5)13(3)4)17(22)20-14-9-7-6-8-10-14/h6-10,12-13,15-16,19H,11H2,1-5H3,(H,20,22)(H,21,23)/p+1/t15-,16-/m0/s1. The number of hydrogen-bond acceptors (Lipinski definition) is 2. The van der Waals surface area contributed by atoms with Gasteiger partial charge in [0.05, 0.1) is 7.05 Å². The second kappa shape index (κ2) is 9.30. The number of quaternary nitrogens is 1. The molecule has 1 rings (SSSR count). The zero-order chi connectivity index (χ0) is 17.4. The van der Waals surface area contributed by atoms with Gasteiger partial charge >= 0.3 is 0 Å². The summed E-state index contributed by atoms with van der Waals surface area (Å²) in [5.74, 6) is 0.259. The molecule has 1 aromatic rings. The summed E-state index contributed by atoms with van der Waals surface area (Å²) in [5.41, 5.74) is 0.739. The van der Waals surface area contributed by atoms with Crippen LogP contribution in [0.2, 0.25) is 0 Å². The Morgan fingerprint density at radius 1 is 1.04 bits per heavy atom. The van der Waals surface area contributed by atoms with Gasteiger partial charge in [-0.3, -0.25) is 9.59 Å². The van der Waals surface area contributed by atoms with Gasteiger partial charge in [-0.15, -0.1) is 0 Å².